The number of para-hydroxylation sites is 1. The monoisotopic (exact) mass is 488 g/mol. The van der Waals surface area contributed by atoms with Crippen molar-refractivity contribution in [1.82, 2.24) is 14.9 Å². The number of halogens is 2. The van der Waals surface area contributed by atoms with Gasteiger partial charge in [0.1, 0.15) is 34.5 Å². The van der Waals surface area contributed by atoms with Crippen molar-refractivity contribution in [2.24, 2.45) is 0 Å². The van der Waals surface area contributed by atoms with Crippen LogP contribution in [0.3, 0.4) is 0 Å². The van der Waals surface area contributed by atoms with Crippen molar-refractivity contribution in [3.05, 3.63) is 95.2 Å². The van der Waals surface area contributed by atoms with Crippen LogP contribution in [0.2, 0.25) is 0 Å². The van der Waals surface area contributed by atoms with Gasteiger partial charge < -0.3 is 19.7 Å². The number of fused-ring (bicyclic) bond motifs is 1. The van der Waals surface area contributed by atoms with Gasteiger partial charge in [-0.2, -0.15) is 0 Å². The molecule has 0 spiro atoms. The quantitative estimate of drug-likeness (QED) is 0.379. The Morgan fingerprint density at radius 2 is 1.67 bits per heavy atom. The highest BCUT2D eigenvalue weighted by molar-refractivity contribution is 6.03. The summed E-state index contributed by atoms with van der Waals surface area (Å²) in [6, 6.07) is 18.0. The van der Waals surface area contributed by atoms with Crippen LogP contribution in [-0.2, 0) is 13.1 Å². The van der Waals surface area contributed by atoms with E-state index in [0.717, 1.165) is 17.7 Å². The van der Waals surface area contributed by atoms with Gasteiger partial charge in [-0.05, 0) is 36.4 Å². The van der Waals surface area contributed by atoms with E-state index < -0.39 is 11.6 Å². The van der Waals surface area contributed by atoms with Gasteiger partial charge >= 0.3 is 0 Å². The van der Waals surface area contributed by atoms with Crippen LogP contribution in [0.15, 0.2) is 66.7 Å². The first-order valence-electron chi connectivity index (χ1n) is 11.2. The molecule has 0 aliphatic carbocycles. The van der Waals surface area contributed by atoms with Crippen molar-refractivity contribution in [2.75, 3.05) is 19.5 Å². The Hall–Kier alpha value is -4.53. The number of ether oxygens (including phenoxy) is 2. The summed E-state index contributed by atoms with van der Waals surface area (Å²) in [6.45, 7) is 0.370. The van der Waals surface area contributed by atoms with Gasteiger partial charge in [0, 0.05) is 17.3 Å². The molecule has 1 N–H and O–H groups in total. The molecule has 0 atom stereocenters. The summed E-state index contributed by atoms with van der Waals surface area (Å²) < 4.78 is 39.9. The molecule has 7 nitrogen and oxygen atoms in total. The van der Waals surface area contributed by atoms with Gasteiger partial charge in [-0.15, -0.1) is 0 Å². The van der Waals surface area contributed by atoms with Crippen LogP contribution in [0.4, 0.5) is 20.3 Å². The Kier molecular flexibility index (Phi) is 6.20. The number of nitrogens with zero attached hydrogens (tertiary/aromatic N) is 3. The molecule has 5 rings (SSSR count). The first-order valence-corrected chi connectivity index (χ1v) is 11.2. The molecule has 0 unspecified atom stereocenters. The van der Waals surface area contributed by atoms with E-state index >= 15 is 0 Å². The van der Waals surface area contributed by atoms with E-state index in [1.54, 1.807) is 43.4 Å². The molecule has 36 heavy (non-hydrogen) atoms. The number of aromatic nitrogens is 2. The largest absolute Gasteiger partial charge is 0.497 e. The first-order chi connectivity index (χ1) is 17.5. The van der Waals surface area contributed by atoms with E-state index in [4.69, 9.17) is 9.47 Å². The molecule has 1 aliphatic heterocycles. The van der Waals surface area contributed by atoms with Gasteiger partial charge in [0.05, 0.1) is 38.6 Å². The molecule has 3 aromatic carbocycles. The molecular weight excluding hydrogens is 466 g/mol. The number of rotatable bonds is 7. The third kappa shape index (κ3) is 4.31. The fraction of sp³-hybridized carbons (Fsp3) is 0.148. The van der Waals surface area contributed by atoms with Gasteiger partial charge in [0.15, 0.2) is 5.82 Å². The summed E-state index contributed by atoms with van der Waals surface area (Å²) in [6.07, 6.45) is 0. The number of hydrogen-bond acceptors (Lipinski definition) is 6. The Morgan fingerprint density at radius 3 is 2.36 bits per heavy atom. The highest BCUT2D eigenvalue weighted by atomic mass is 19.1. The SMILES string of the molecule is COc1ccc(CN2Cc3nc(-c4c(F)cccc4F)nc(Nc4ccccc4)c3C2=O)c(OC)c1. The lowest BCUT2D eigenvalue weighted by Gasteiger charge is -2.18. The van der Waals surface area contributed by atoms with Crippen LogP contribution < -0.4 is 14.8 Å². The second kappa shape index (κ2) is 9.61. The number of carbonyl (C=O) groups is 1. The molecule has 9 heteroatoms. The van der Waals surface area contributed by atoms with Gasteiger partial charge in [-0.1, -0.05) is 24.3 Å². The topological polar surface area (TPSA) is 76.6 Å². The fourth-order valence-corrected chi connectivity index (χ4v) is 4.14. The number of hydrogen-bond donors (Lipinski definition) is 1. The molecule has 2 heterocycles. The smallest absolute Gasteiger partial charge is 0.260 e. The maximum atomic E-state index is 14.6. The predicted molar refractivity (Wildman–Crippen MR) is 130 cm³/mol. The Bertz CT molecular complexity index is 1430. The Morgan fingerprint density at radius 1 is 0.917 bits per heavy atom. The summed E-state index contributed by atoms with van der Waals surface area (Å²) >= 11 is 0. The molecular formula is C27H22F2N4O3. The molecule has 4 aromatic rings. The number of nitrogens with one attached hydrogen (secondary N) is 1. The molecule has 0 fully saturated rings. The van der Waals surface area contributed by atoms with Gasteiger partial charge in [-0.3, -0.25) is 4.79 Å². The minimum absolute atomic E-state index is 0.137. The van der Waals surface area contributed by atoms with E-state index in [1.807, 2.05) is 24.3 Å². The number of anilines is 2. The van der Waals surface area contributed by atoms with Crippen molar-refractivity contribution >= 4 is 17.4 Å². The lowest BCUT2D eigenvalue weighted by atomic mass is 10.1. The molecule has 0 saturated carbocycles. The standard InChI is InChI=1S/C27H22F2N4O3/c1-35-18-12-11-16(22(13-18)36-2)14-33-15-21-24(27(33)34)26(30-17-7-4-3-5-8-17)32-25(31-21)23-19(28)9-6-10-20(23)29/h3-13H,14-15H2,1-2H3,(H,30,31,32). The van der Waals surface area contributed by atoms with E-state index in [-0.39, 0.29) is 41.8 Å². The predicted octanol–water partition coefficient (Wildman–Crippen LogP) is 5.34. The lowest BCUT2D eigenvalue weighted by molar-refractivity contribution is 0.0766. The molecule has 0 bridgehead atoms. The first kappa shape index (κ1) is 23.2. The highest BCUT2D eigenvalue weighted by Gasteiger charge is 2.34. The summed E-state index contributed by atoms with van der Waals surface area (Å²) in [5.74, 6) is -0.641. The molecule has 0 radical (unpaired) electrons. The maximum Gasteiger partial charge on any atom is 0.260 e. The summed E-state index contributed by atoms with van der Waals surface area (Å²) in [7, 11) is 3.10. The van der Waals surface area contributed by atoms with Crippen molar-refractivity contribution in [1.29, 1.82) is 0 Å². The number of amides is 1. The maximum absolute atomic E-state index is 14.6. The number of carbonyl (C=O) groups excluding carboxylic acids is 1. The second-order valence-corrected chi connectivity index (χ2v) is 8.14. The van der Waals surface area contributed by atoms with Crippen molar-refractivity contribution < 1.29 is 23.0 Å². The van der Waals surface area contributed by atoms with Crippen molar-refractivity contribution in [3.8, 4) is 22.9 Å². The van der Waals surface area contributed by atoms with Crippen LogP contribution in [-0.4, -0.2) is 35.0 Å². The van der Waals surface area contributed by atoms with E-state index in [0.29, 0.717) is 22.9 Å². The lowest BCUT2D eigenvalue weighted by Crippen LogP contribution is -2.24. The average molecular weight is 488 g/mol. The van der Waals surface area contributed by atoms with Crippen LogP contribution in [0.1, 0.15) is 21.6 Å². The Balaban J connectivity index is 1.56. The summed E-state index contributed by atoms with van der Waals surface area (Å²) in [5, 5.41) is 3.12. The van der Waals surface area contributed by atoms with Crippen molar-refractivity contribution in [3.63, 3.8) is 0 Å². The third-order valence-corrected chi connectivity index (χ3v) is 5.90. The zero-order chi connectivity index (χ0) is 25.2. The third-order valence-electron chi connectivity index (χ3n) is 5.90. The molecule has 182 valence electrons. The van der Waals surface area contributed by atoms with Crippen LogP contribution in [0.5, 0.6) is 11.5 Å². The molecule has 1 aliphatic rings. The molecule has 1 amide bonds. The zero-order valence-electron chi connectivity index (χ0n) is 19.6. The summed E-state index contributed by atoms with van der Waals surface area (Å²) in [5.41, 5.74) is 1.72. The van der Waals surface area contributed by atoms with E-state index in [2.05, 4.69) is 15.3 Å². The normalized spacial score (nSPS) is 12.4. The molecule has 1 aromatic heterocycles. The zero-order valence-corrected chi connectivity index (χ0v) is 19.6. The van der Waals surface area contributed by atoms with E-state index in [1.165, 1.54) is 6.07 Å². The van der Waals surface area contributed by atoms with Crippen LogP contribution in [0, 0.1) is 11.6 Å². The Labute approximate surface area is 206 Å². The van der Waals surface area contributed by atoms with E-state index in [9.17, 15) is 13.6 Å². The van der Waals surface area contributed by atoms with Gasteiger partial charge in [-0.25, -0.2) is 18.7 Å². The van der Waals surface area contributed by atoms with Gasteiger partial charge in [0.25, 0.3) is 5.91 Å². The summed E-state index contributed by atoms with van der Waals surface area (Å²) in [4.78, 5) is 23.9. The van der Waals surface area contributed by atoms with Crippen LogP contribution >= 0.6 is 0 Å². The molecule has 0 saturated heterocycles. The average Bonchev–Trinajstić information content (AvgIpc) is 3.20. The van der Waals surface area contributed by atoms with Gasteiger partial charge in [0.2, 0.25) is 0 Å². The minimum Gasteiger partial charge on any atom is -0.497 e. The second-order valence-electron chi connectivity index (χ2n) is 8.14. The number of methoxy groups -OCH3 is 2. The van der Waals surface area contributed by atoms with Crippen LogP contribution in [0.25, 0.3) is 11.4 Å². The van der Waals surface area contributed by atoms with Crippen molar-refractivity contribution in [2.45, 2.75) is 13.1 Å². The highest BCUT2D eigenvalue weighted by Crippen LogP contribution is 2.35. The minimum atomic E-state index is -0.787. The fourth-order valence-electron chi connectivity index (χ4n) is 4.14. The number of benzene rings is 3.